The Morgan fingerprint density at radius 3 is 2.52 bits per heavy atom. The molecule has 1 atom stereocenters. The van der Waals surface area contributed by atoms with Gasteiger partial charge >= 0.3 is 0 Å². The van der Waals surface area contributed by atoms with Crippen molar-refractivity contribution in [3.8, 4) is 5.75 Å². The van der Waals surface area contributed by atoms with Crippen molar-refractivity contribution in [2.75, 3.05) is 13.2 Å². The molecule has 0 radical (unpaired) electrons. The quantitative estimate of drug-likeness (QED) is 0.706. The van der Waals surface area contributed by atoms with Crippen LogP contribution in [0.15, 0.2) is 48.5 Å². The fourth-order valence-electron chi connectivity index (χ4n) is 2.57. The van der Waals surface area contributed by atoms with E-state index in [1.54, 1.807) is 0 Å². The summed E-state index contributed by atoms with van der Waals surface area (Å²) < 4.78 is 5.81. The molecular weight excluding hydrogens is 306 g/mol. The Hall–Kier alpha value is -1.51. The molecule has 0 aliphatic carbocycles. The highest BCUT2D eigenvalue weighted by Crippen LogP contribution is 2.15. The molecule has 2 aromatic carbocycles. The molecular formula is C20H26ClNO. The molecule has 0 bridgehead atoms. The summed E-state index contributed by atoms with van der Waals surface area (Å²) in [7, 11) is 0. The first-order valence-electron chi connectivity index (χ1n) is 8.37. The molecule has 0 saturated heterocycles. The lowest BCUT2D eigenvalue weighted by molar-refractivity contribution is 0.322. The van der Waals surface area contributed by atoms with Crippen molar-refractivity contribution in [2.45, 2.75) is 39.2 Å². The third-order valence-corrected chi connectivity index (χ3v) is 4.13. The molecule has 0 fully saturated rings. The van der Waals surface area contributed by atoms with Gasteiger partial charge in [-0.15, -0.1) is 0 Å². The molecule has 0 saturated carbocycles. The highest BCUT2D eigenvalue weighted by molar-refractivity contribution is 6.30. The van der Waals surface area contributed by atoms with Crippen molar-refractivity contribution in [1.82, 2.24) is 5.32 Å². The maximum Gasteiger partial charge on any atom is 0.119 e. The van der Waals surface area contributed by atoms with Crippen LogP contribution in [0.2, 0.25) is 5.02 Å². The van der Waals surface area contributed by atoms with Crippen LogP contribution in [-0.4, -0.2) is 19.2 Å². The second kappa shape index (κ2) is 9.59. The molecule has 2 aromatic rings. The Bertz CT molecular complexity index is 582. The number of hydrogen-bond donors (Lipinski definition) is 1. The lowest BCUT2D eigenvalue weighted by atomic mass is 10.1. The van der Waals surface area contributed by atoms with E-state index in [1.807, 2.05) is 18.2 Å². The number of nitrogens with one attached hydrogen (secondary N) is 1. The molecule has 0 amide bonds. The first kappa shape index (κ1) is 17.8. The van der Waals surface area contributed by atoms with Crippen LogP contribution in [0.4, 0.5) is 0 Å². The summed E-state index contributed by atoms with van der Waals surface area (Å²) in [5.41, 5.74) is 2.56. The minimum Gasteiger partial charge on any atom is -0.493 e. The number of benzene rings is 2. The van der Waals surface area contributed by atoms with Crippen LogP contribution in [0.1, 0.15) is 31.4 Å². The van der Waals surface area contributed by atoms with Gasteiger partial charge in [0.1, 0.15) is 5.75 Å². The first-order valence-corrected chi connectivity index (χ1v) is 8.74. The van der Waals surface area contributed by atoms with Gasteiger partial charge in [0.2, 0.25) is 0 Å². The molecule has 124 valence electrons. The fraction of sp³-hybridized carbons (Fsp3) is 0.400. The first-order chi connectivity index (χ1) is 11.2. The minimum absolute atomic E-state index is 0.564. The summed E-state index contributed by atoms with van der Waals surface area (Å²) in [4.78, 5) is 0. The summed E-state index contributed by atoms with van der Waals surface area (Å²) in [6, 6.07) is 16.9. The molecule has 23 heavy (non-hydrogen) atoms. The Labute approximate surface area is 144 Å². The van der Waals surface area contributed by atoms with Gasteiger partial charge in [-0.1, -0.05) is 42.8 Å². The Balaban J connectivity index is 1.74. The Kier molecular flexibility index (Phi) is 7.44. The molecule has 0 aliphatic heterocycles. The zero-order valence-electron chi connectivity index (χ0n) is 14.0. The molecule has 0 heterocycles. The summed E-state index contributed by atoms with van der Waals surface area (Å²) in [6.07, 6.45) is 3.11. The third kappa shape index (κ3) is 6.64. The Morgan fingerprint density at radius 1 is 1.04 bits per heavy atom. The maximum absolute atomic E-state index is 5.98. The largest absolute Gasteiger partial charge is 0.493 e. The smallest absolute Gasteiger partial charge is 0.119 e. The SMILES string of the molecule is CCNC(C)CCc1ccc(OCCc2cccc(Cl)c2)cc1. The number of halogens is 1. The van der Waals surface area contributed by atoms with E-state index >= 15 is 0 Å². The van der Waals surface area contributed by atoms with Gasteiger partial charge < -0.3 is 10.1 Å². The van der Waals surface area contributed by atoms with Crippen molar-refractivity contribution < 1.29 is 4.74 Å². The summed E-state index contributed by atoms with van der Waals surface area (Å²) in [6.45, 7) is 6.07. The van der Waals surface area contributed by atoms with Crippen LogP contribution < -0.4 is 10.1 Å². The third-order valence-electron chi connectivity index (χ3n) is 3.89. The predicted octanol–water partition coefficient (Wildman–Crippen LogP) is 4.89. The number of hydrogen-bond acceptors (Lipinski definition) is 2. The standard InChI is InChI=1S/C20H26ClNO/c1-3-22-16(2)7-8-17-9-11-20(12-10-17)23-14-13-18-5-4-6-19(21)15-18/h4-6,9-12,15-16,22H,3,7-8,13-14H2,1-2H3. The molecule has 0 aliphatic rings. The van der Waals surface area contributed by atoms with Gasteiger partial charge in [-0.2, -0.15) is 0 Å². The number of ether oxygens (including phenoxy) is 1. The van der Waals surface area contributed by atoms with Gasteiger partial charge in [0.25, 0.3) is 0 Å². The van der Waals surface area contributed by atoms with Gasteiger partial charge in [0.05, 0.1) is 6.61 Å². The van der Waals surface area contributed by atoms with Crippen LogP contribution in [-0.2, 0) is 12.8 Å². The molecule has 1 unspecified atom stereocenters. The minimum atomic E-state index is 0.564. The summed E-state index contributed by atoms with van der Waals surface area (Å²) in [5.74, 6) is 0.926. The second-order valence-electron chi connectivity index (χ2n) is 5.87. The summed E-state index contributed by atoms with van der Waals surface area (Å²) >= 11 is 5.98. The van der Waals surface area contributed by atoms with Gasteiger partial charge in [0, 0.05) is 17.5 Å². The Morgan fingerprint density at radius 2 is 1.83 bits per heavy atom. The number of rotatable bonds is 9. The lowest BCUT2D eigenvalue weighted by Crippen LogP contribution is -2.25. The predicted molar refractivity (Wildman–Crippen MR) is 98.6 cm³/mol. The van der Waals surface area contributed by atoms with Crippen LogP contribution in [0.25, 0.3) is 0 Å². The fourth-order valence-corrected chi connectivity index (χ4v) is 2.78. The highest BCUT2D eigenvalue weighted by atomic mass is 35.5. The van der Waals surface area contributed by atoms with Crippen molar-refractivity contribution in [1.29, 1.82) is 0 Å². The maximum atomic E-state index is 5.98. The van der Waals surface area contributed by atoms with E-state index in [4.69, 9.17) is 16.3 Å². The van der Waals surface area contributed by atoms with E-state index in [0.29, 0.717) is 12.6 Å². The van der Waals surface area contributed by atoms with E-state index in [1.165, 1.54) is 11.1 Å². The van der Waals surface area contributed by atoms with E-state index in [0.717, 1.165) is 36.6 Å². The van der Waals surface area contributed by atoms with E-state index < -0.39 is 0 Å². The van der Waals surface area contributed by atoms with Gasteiger partial charge in [-0.25, -0.2) is 0 Å². The molecule has 1 N–H and O–H groups in total. The number of aryl methyl sites for hydroxylation is 1. The monoisotopic (exact) mass is 331 g/mol. The van der Waals surface area contributed by atoms with Crippen LogP contribution >= 0.6 is 11.6 Å². The van der Waals surface area contributed by atoms with Crippen molar-refractivity contribution >= 4 is 11.6 Å². The average Bonchev–Trinajstić information content (AvgIpc) is 2.54. The molecule has 0 aromatic heterocycles. The van der Waals surface area contributed by atoms with Crippen LogP contribution in [0.5, 0.6) is 5.75 Å². The average molecular weight is 332 g/mol. The lowest BCUT2D eigenvalue weighted by Gasteiger charge is -2.12. The van der Waals surface area contributed by atoms with Crippen molar-refractivity contribution in [2.24, 2.45) is 0 Å². The van der Waals surface area contributed by atoms with Crippen LogP contribution in [0, 0.1) is 0 Å². The molecule has 2 nitrogen and oxygen atoms in total. The molecule has 3 heteroatoms. The van der Waals surface area contributed by atoms with Crippen molar-refractivity contribution in [3.05, 3.63) is 64.7 Å². The van der Waals surface area contributed by atoms with E-state index in [2.05, 4.69) is 49.5 Å². The highest BCUT2D eigenvalue weighted by Gasteiger charge is 2.02. The zero-order valence-corrected chi connectivity index (χ0v) is 14.8. The second-order valence-corrected chi connectivity index (χ2v) is 6.31. The zero-order chi connectivity index (χ0) is 16.5. The van der Waals surface area contributed by atoms with Crippen LogP contribution in [0.3, 0.4) is 0 Å². The van der Waals surface area contributed by atoms with E-state index in [-0.39, 0.29) is 0 Å². The molecule has 2 rings (SSSR count). The van der Waals surface area contributed by atoms with Gasteiger partial charge in [-0.3, -0.25) is 0 Å². The molecule has 0 spiro atoms. The van der Waals surface area contributed by atoms with Gasteiger partial charge in [-0.05, 0) is 61.7 Å². The van der Waals surface area contributed by atoms with E-state index in [9.17, 15) is 0 Å². The summed E-state index contributed by atoms with van der Waals surface area (Å²) in [5, 5.41) is 4.22. The van der Waals surface area contributed by atoms with Crippen molar-refractivity contribution in [3.63, 3.8) is 0 Å². The topological polar surface area (TPSA) is 21.3 Å². The van der Waals surface area contributed by atoms with Gasteiger partial charge in [0.15, 0.2) is 0 Å². The normalized spacial score (nSPS) is 12.1.